The summed E-state index contributed by atoms with van der Waals surface area (Å²) in [7, 11) is 3.45. The van der Waals surface area contributed by atoms with Crippen LogP contribution in [0.2, 0.25) is 0 Å². The largest absolute Gasteiger partial charge is 0.463 e. The lowest BCUT2D eigenvalue weighted by atomic mass is 10.1. The van der Waals surface area contributed by atoms with E-state index in [1.54, 1.807) is 18.8 Å². The van der Waals surface area contributed by atoms with E-state index in [-0.39, 0.29) is 11.5 Å². The number of nitrogens with one attached hydrogen (secondary N) is 2. The number of nitrogens with zero attached hydrogens (tertiary/aromatic N) is 2. The van der Waals surface area contributed by atoms with Crippen LogP contribution in [-0.2, 0) is 12.3 Å². The highest BCUT2D eigenvalue weighted by Gasteiger charge is 2.12. The molecule has 0 spiro atoms. The van der Waals surface area contributed by atoms with Gasteiger partial charge in [0.1, 0.15) is 11.5 Å². The van der Waals surface area contributed by atoms with E-state index in [4.69, 9.17) is 4.42 Å². The summed E-state index contributed by atoms with van der Waals surface area (Å²) in [6.07, 6.45) is 0. The van der Waals surface area contributed by atoms with Gasteiger partial charge in [-0.3, -0.25) is 15.1 Å². The number of benzene rings is 1. The lowest BCUT2D eigenvalue weighted by molar-refractivity contribution is -0.463. The van der Waals surface area contributed by atoms with Gasteiger partial charge in [-0.2, -0.15) is 11.8 Å². The first-order valence-electron chi connectivity index (χ1n) is 8.34. The molecule has 0 aliphatic carbocycles. The van der Waals surface area contributed by atoms with E-state index in [1.165, 1.54) is 0 Å². The molecule has 0 aliphatic rings. The molecule has 0 amide bonds. The van der Waals surface area contributed by atoms with Crippen LogP contribution in [0.4, 0.5) is 0 Å². The molecule has 0 bridgehead atoms. The Balaban J connectivity index is 1.87. The van der Waals surface area contributed by atoms with Crippen LogP contribution in [-0.4, -0.2) is 43.7 Å². The van der Waals surface area contributed by atoms with Gasteiger partial charge in [-0.15, -0.1) is 0 Å². The van der Waals surface area contributed by atoms with E-state index in [2.05, 4.69) is 33.8 Å². The molecule has 2 N–H and O–H groups in total. The molecule has 2 rings (SSSR count). The first-order chi connectivity index (χ1) is 12.6. The number of rotatable bonds is 10. The zero-order chi connectivity index (χ0) is 18.8. The lowest BCUT2D eigenvalue weighted by Gasteiger charge is -2.05. The molecule has 1 aromatic carbocycles. The number of hydrogen-bond acceptors (Lipinski definition) is 6. The van der Waals surface area contributed by atoms with Gasteiger partial charge in [-0.25, -0.2) is 0 Å². The van der Waals surface area contributed by atoms with Crippen molar-refractivity contribution < 1.29 is 9.34 Å². The highest BCUT2D eigenvalue weighted by atomic mass is 32.2. The minimum absolute atomic E-state index is 0.271. The van der Waals surface area contributed by atoms with Crippen molar-refractivity contribution in [2.24, 2.45) is 4.99 Å². The summed E-state index contributed by atoms with van der Waals surface area (Å²) in [6, 6.07) is 12.3. The van der Waals surface area contributed by atoms with E-state index in [9.17, 15) is 10.1 Å². The molecule has 0 saturated carbocycles. The van der Waals surface area contributed by atoms with Crippen LogP contribution in [0.3, 0.4) is 0 Å². The summed E-state index contributed by atoms with van der Waals surface area (Å²) < 4.78 is 5.99. The van der Waals surface area contributed by atoms with Crippen molar-refractivity contribution in [1.29, 1.82) is 0 Å². The SMILES string of the molecule is CN=C(C[N+](=O)[O-])NCCSCc1cc(-c2ccccc2)c(CNC)o1. The summed E-state index contributed by atoms with van der Waals surface area (Å²) in [5.74, 6) is 3.81. The van der Waals surface area contributed by atoms with Gasteiger partial charge in [-0.1, -0.05) is 30.3 Å². The fourth-order valence-electron chi connectivity index (χ4n) is 2.48. The van der Waals surface area contributed by atoms with Gasteiger partial charge in [0.25, 0.3) is 6.54 Å². The summed E-state index contributed by atoms with van der Waals surface area (Å²) >= 11 is 1.71. The van der Waals surface area contributed by atoms with Crippen molar-refractivity contribution in [3.63, 3.8) is 0 Å². The van der Waals surface area contributed by atoms with E-state index in [0.29, 0.717) is 18.9 Å². The van der Waals surface area contributed by atoms with Crippen LogP contribution in [0.15, 0.2) is 45.8 Å². The lowest BCUT2D eigenvalue weighted by Crippen LogP contribution is -2.31. The molecule has 0 unspecified atom stereocenters. The maximum Gasteiger partial charge on any atom is 0.259 e. The minimum Gasteiger partial charge on any atom is -0.463 e. The molecule has 0 radical (unpaired) electrons. The van der Waals surface area contributed by atoms with Crippen molar-refractivity contribution >= 4 is 17.6 Å². The average Bonchev–Trinajstić information content (AvgIpc) is 3.04. The Morgan fingerprint density at radius 2 is 2.12 bits per heavy atom. The normalized spacial score (nSPS) is 11.5. The predicted octanol–water partition coefficient (Wildman–Crippen LogP) is 2.79. The zero-order valence-electron chi connectivity index (χ0n) is 15.0. The van der Waals surface area contributed by atoms with E-state index in [0.717, 1.165) is 34.2 Å². The molecule has 7 nitrogen and oxygen atoms in total. The van der Waals surface area contributed by atoms with Crippen LogP contribution < -0.4 is 10.6 Å². The Morgan fingerprint density at radius 1 is 1.35 bits per heavy atom. The highest BCUT2D eigenvalue weighted by Crippen LogP contribution is 2.29. The third-order valence-corrected chi connectivity index (χ3v) is 4.63. The summed E-state index contributed by atoms with van der Waals surface area (Å²) in [4.78, 5) is 14.0. The molecule has 140 valence electrons. The van der Waals surface area contributed by atoms with Crippen LogP contribution in [0.25, 0.3) is 11.1 Å². The summed E-state index contributed by atoms with van der Waals surface area (Å²) in [5, 5.41) is 16.6. The van der Waals surface area contributed by atoms with Gasteiger partial charge >= 0.3 is 0 Å². The highest BCUT2D eigenvalue weighted by molar-refractivity contribution is 7.98. The Labute approximate surface area is 157 Å². The average molecular weight is 376 g/mol. The van der Waals surface area contributed by atoms with Gasteiger partial charge in [0, 0.05) is 29.8 Å². The van der Waals surface area contributed by atoms with E-state index in [1.807, 2.05) is 25.2 Å². The predicted molar refractivity (Wildman–Crippen MR) is 106 cm³/mol. The van der Waals surface area contributed by atoms with Crippen molar-refractivity contribution in [3.05, 3.63) is 58.0 Å². The van der Waals surface area contributed by atoms with E-state index >= 15 is 0 Å². The van der Waals surface area contributed by atoms with Gasteiger partial charge in [0.05, 0.1) is 12.3 Å². The van der Waals surface area contributed by atoms with Gasteiger partial charge in [0.15, 0.2) is 5.84 Å². The number of furan rings is 1. The second kappa shape index (κ2) is 10.6. The molecule has 0 saturated heterocycles. The summed E-state index contributed by atoms with van der Waals surface area (Å²) in [6.45, 7) is 1.03. The number of hydrogen-bond donors (Lipinski definition) is 2. The van der Waals surface area contributed by atoms with Crippen molar-refractivity contribution in [3.8, 4) is 11.1 Å². The standard InChI is InChI=1S/C18H24N4O3S/c1-19-11-17-16(14-6-4-3-5-7-14)10-15(25-17)13-26-9-8-21-18(20-2)12-22(23)24/h3-7,10,19H,8-9,11-13H2,1-2H3,(H,20,21). The Bertz CT molecular complexity index is 731. The molecule has 0 aliphatic heterocycles. The zero-order valence-corrected chi connectivity index (χ0v) is 15.8. The molecule has 0 fully saturated rings. The smallest absolute Gasteiger partial charge is 0.259 e. The molecular formula is C18H24N4O3S. The van der Waals surface area contributed by atoms with Gasteiger partial charge in [0.2, 0.25) is 0 Å². The molecule has 1 heterocycles. The van der Waals surface area contributed by atoms with Gasteiger partial charge in [-0.05, 0) is 18.7 Å². The Morgan fingerprint density at radius 3 is 2.77 bits per heavy atom. The van der Waals surface area contributed by atoms with Crippen molar-refractivity contribution in [2.75, 3.05) is 32.9 Å². The monoisotopic (exact) mass is 376 g/mol. The first-order valence-corrected chi connectivity index (χ1v) is 9.50. The van der Waals surface area contributed by atoms with Crippen LogP contribution in [0.1, 0.15) is 11.5 Å². The number of aliphatic imine (C=N–C) groups is 1. The quantitative estimate of drug-likeness (QED) is 0.218. The Kier molecular flexibility index (Phi) is 8.17. The molecule has 8 heteroatoms. The molecule has 1 aromatic heterocycles. The number of thioether (sulfide) groups is 1. The molecule has 26 heavy (non-hydrogen) atoms. The minimum atomic E-state index is -0.389. The summed E-state index contributed by atoms with van der Waals surface area (Å²) in [5.41, 5.74) is 2.25. The first kappa shape index (κ1) is 20.0. The third kappa shape index (κ3) is 6.20. The Hall–Kier alpha value is -2.32. The second-order valence-electron chi connectivity index (χ2n) is 5.59. The number of amidine groups is 1. The maximum atomic E-state index is 10.5. The van der Waals surface area contributed by atoms with Crippen molar-refractivity contribution in [1.82, 2.24) is 10.6 Å². The second-order valence-corrected chi connectivity index (χ2v) is 6.69. The van der Waals surface area contributed by atoms with Crippen LogP contribution >= 0.6 is 11.8 Å². The van der Waals surface area contributed by atoms with Gasteiger partial charge < -0.3 is 15.1 Å². The molecule has 0 atom stereocenters. The van der Waals surface area contributed by atoms with Crippen LogP contribution in [0, 0.1) is 10.1 Å². The fraction of sp³-hybridized carbons (Fsp3) is 0.389. The van der Waals surface area contributed by atoms with Crippen LogP contribution in [0.5, 0.6) is 0 Å². The molecular weight excluding hydrogens is 352 g/mol. The topological polar surface area (TPSA) is 92.7 Å². The third-order valence-electron chi connectivity index (χ3n) is 3.65. The molecule has 2 aromatic rings. The number of nitro groups is 1. The fourth-order valence-corrected chi connectivity index (χ4v) is 3.21. The van der Waals surface area contributed by atoms with Crippen molar-refractivity contribution in [2.45, 2.75) is 12.3 Å². The van der Waals surface area contributed by atoms with E-state index < -0.39 is 0 Å². The maximum absolute atomic E-state index is 10.5.